The summed E-state index contributed by atoms with van der Waals surface area (Å²) in [5.74, 6) is 0.0251. The predicted octanol–water partition coefficient (Wildman–Crippen LogP) is 3.08. The summed E-state index contributed by atoms with van der Waals surface area (Å²) in [5.41, 5.74) is 4.85. The van der Waals surface area contributed by atoms with Crippen LogP contribution in [0.5, 0.6) is 0 Å². The second kappa shape index (κ2) is 6.09. The first-order valence-electron chi connectivity index (χ1n) is 7.84. The fourth-order valence-electron chi connectivity index (χ4n) is 2.84. The Hall–Kier alpha value is -2.67. The van der Waals surface area contributed by atoms with Gasteiger partial charge in [0.25, 0.3) is 0 Å². The Morgan fingerprint density at radius 1 is 1.42 bits per heavy atom. The number of aromatic nitrogens is 4. The molecule has 0 saturated carbocycles. The van der Waals surface area contributed by atoms with E-state index in [1.54, 1.807) is 10.0 Å². The fraction of sp³-hybridized carbons (Fsp3) is 0.235. The molecule has 7 heteroatoms. The lowest BCUT2D eigenvalue weighted by Crippen LogP contribution is -2.27. The standard InChI is InChI=1S/C17H17N5OS/c1-11(15-9-22-17(21-15)24-10-19-22)20-16(23)7-6-12-8-18-14-5-3-2-4-13(12)14/h2-5,8-11,18H,6-7H2,1H3,(H,20,23)/t11-/m0/s1. The van der Waals surface area contributed by atoms with Gasteiger partial charge in [-0.25, -0.2) is 9.50 Å². The number of nitrogens with one attached hydrogen (secondary N) is 2. The molecule has 0 unspecified atom stereocenters. The number of benzene rings is 1. The number of aromatic amines is 1. The lowest BCUT2D eigenvalue weighted by Gasteiger charge is -2.11. The van der Waals surface area contributed by atoms with Crippen molar-refractivity contribution in [1.29, 1.82) is 0 Å². The highest BCUT2D eigenvalue weighted by Gasteiger charge is 2.14. The molecule has 0 spiro atoms. The molecule has 0 radical (unpaired) electrons. The van der Waals surface area contributed by atoms with Crippen LogP contribution in [0.1, 0.15) is 30.6 Å². The molecular formula is C17H17N5OS. The summed E-state index contributed by atoms with van der Waals surface area (Å²) in [6.07, 6.45) is 5.00. The SMILES string of the molecule is C[C@H](NC(=O)CCc1c[nH]c2ccccc12)c1cn2ncsc2n1. The van der Waals surface area contributed by atoms with Crippen molar-refractivity contribution < 1.29 is 4.79 Å². The van der Waals surface area contributed by atoms with Gasteiger partial charge in [0.15, 0.2) is 0 Å². The monoisotopic (exact) mass is 339 g/mol. The number of imidazole rings is 1. The van der Waals surface area contributed by atoms with Crippen LogP contribution < -0.4 is 5.32 Å². The molecule has 0 fully saturated rings. The molecule has 0 bridgehead atoms. The largest absolute Gasteiger partial charge is 0.361 e. The molecule has 4 rings (SSSR count). The number of hydrogen-bond donors (Lipinski definition) is 2. The summed E-state index contributed by atoms with van der Waals surface area (Å²) in [6.45, 7) is 1.94. The van der Waals surface area contributed by atoms with Gasteiger partial charge in [0.2, 0.25) is 10.9 Å². The van der Waals surface area contributed by atoms with Gasteiger partial charge in [0.1, 0.15) is 5.51 Å². The molecule has 122 valence electrons. The molecule has 0 saturated heterocycles. The molecule has 0 aliphatic heterocycles. The Labute approximate surface area is 142 Å². The number of aryl methyl sites for hydroxylation is 1. The van der Waals surface area contributed by atoms with Crippen molar-refractivity contribution in [3.8, 4) is 0 Å². The molecule has 4 aromatic rings. The topological polar surface area (TPSA) is 75.1 Å². The summed E-state index contributed by atoms with van der Waals surface area (Å²) < 4.78 is 1.73. The molecule has 1 atom stereocenters. The molecule has 2 N–H and O–H groups in total. The number of hydrogen-bond acceptors (Lipinski definition) is 4. The number of rotatable bonds is 5. The fourth-order valence-corrected chi connectivity index (χ4v) is 3.45. The highest BCUT2D eigenvalue weighted by Crippen LogP contribution is 2.19. The van der Waals surface area contributed by atoms with E-state index < -0.39 is 0 Å². The van der Waals surface area contributed by atoms with Crippen molar-refractivity contribution in [2.24, 2.45) is 0 Å². The second-order valence-electron chi connectivity index (χ2n) is 5.78. The first-order valence-corrected chi connectivity index (χ1v) is 8.72. The van der Waals surface area contributed by atoms with Crippen molar-refractivity contribution in [3.63, 3.8) is 0 Å². The molecule has 3 aromatic heterocycles. The highest BCUT2D eigenvalue weighted by molar-refractivity contribution is 7.14. The molecule has 6 nitrogen and oxygen atoms in total. The van der Waals surface area contributed by atoms with Crippen LogP contribution in [-0.2, 0) is 11.2 Å². The van der Waals surface area contributed by atoms with E-state index in [0.717, 1.165) is 16.2 Å². The van der Waals surface area contributed by atoms with E-state index in [9.17, 15) is 4.79 Å². The first-order chi connectivity index (χ1) is 11.7. The van der Waals surface area contributed by atoms with Gasteiger partial charge in [-0.15, -0.1) is 0 Å². The quantitative estimate of drug-likeness (QED) is 0.587. The zero-order chi connectivity index (χ0) is 16.5. The van der Waals surface area contributed by atoms with E-state index in [1.165, 1.54) is 22.3 Å². The van der Waals surface area contributed by atoms with Crippen LogP contribution >= 0.6 is 11.3 Å². The maximum absolute atomic E-state index is 12.2. The summed E-state index contributed by atoms with van der Waals surface area (Å²) in [4.78, 5) is 20.8. The zero-order valence-electron chi connectivity index (χ0n) is 13.2. The van der Waals surface area contributed by atoms with Crippen LogP contribution in [0.15, 0.2) is 42.2 Å². The third kappa shape index (κ3) is 2.78. The average Bonchev–Trinajstić information content (AvgIpc) is 3.27. The number of fused-ring (bicyclic) bond motifs is 2. The molecular weight excluding hydrogens is 322 g/mol. The Kier molecular flexibility index (Phi) is 3.78. The van der Waals surface area contributed by atoms with Crippen molar-refractivity contribution in [2.45, 2.75) is 25.8 Å². The maximum atomic E-state index is 12.2. The maximum Gasteiger partial charge on any atom is 0.220 e. The van der Waals surface area contributed by atoms with E-state index in [2.05, 4.69) is 26.4 Å². The summed E-state index contributed by atoms with van der Waals surface area (Å²) in [6, 6.07) is 8.00. The average molecular weight is 339 g/mol. The van der Waals surface area contributed by atoms with Gasteiger partial charge in [0, 0.05) is 23.5 Å². The molecule has 0 aliphatic rings. The predicted molar refractivity (Wildman–Crippen MR) is 94.0 cm³/mol. The molecule has 1 aromatic carbocycles. The first kappa shape index (κ1) is 14.9. The molecule has 3 heterocycles. The lowest BCUT2D eigenvalue weighted by atomic mass is 10.1. The molecule has 24 heavy (non-hydrogen) atoms. The van der Waals surface area contributed by atoms with Crippen LogP contribution in [0.4, 0.5) is 0 Å². The smallest absolute Gasteiger partial charge is 0.220 e. The van der Waals surface area contributed by atoms with Gasteiger partial charge in [-0.2, -0.15) is 5.10 Å². The van der Waals surface area contributed by atoms with Gasteiger partial charge in [-0.05, 0) is 25.0 Å². The lowest BCUT2D eigenvalue weighted by molar-refractivity contribution is -0.121. The Morgan fingerprint density at radius 2 is 2.29 bits per heavy atom. The van der Waals surface area contributed by atoms with E-state index >= 15 is 0 Å². The van der Waals surface area contributed by atoms with Crippen LogP contribution in [0, 0.1) is 0 Å². The van der Waals surface area contributed by atoms with Crippen LogP contribution in [0.25, 0.3) is 15.9 Å². The number of carbonyl (C=O) groups excluding carboxylic acids is 1. The van der Waals surface area contributed by atoms with Gasteiger partial charge < -0.3 is 10.3 Å². The van der Waals surface area contributed by atoms with Gasteiger partial charge in [0.05, 0.1) is 17.9 Å². The number of para-hydroxylation sites is 1. The Morgan fingerprint density at radius 3 is 3.17 bits per heavy atom. The van der Waals surface area contributed by atoms with Crippen molar-refractivity contribution in [1.82, 2.24) is 24.9 Å². The van der Waals surface area contributed by atoms with E-state index in [1.807, 2.05) is 37.5 Å². The third-order valence-corrected chi connectivity index (χ3v) is 4.81. The Balaban J connectivity index is 1.38. The number of H-pyrrole nitrogens is 1. The van der Waals surface area contributed by atoms with Crippen molar-refractivity contribution in [3.05, 3.63) is 53.4 Å². The van der Waals surface area contributed by atoms with Crippen molar-refractivity contribution >= 4 is 33.1 Å². The number of nitrogens with zero attached hydrogens (tertiary/aromatic N) is 3. The Bertz CT molecular complexity index is 970. The summed E-state index contributed by atoms with van der Waals surface area (Å²) in [7, 11) is 0. The normalized spacial score (nSPS) is 12.7. The van der Waals surface area contributed by atoms with Crippen LogP contribution in [-0.4, -0.2) is 25.5 Å². The minimum absolute atomic E-state index is 0.0251. The van der Waals surface area contributed by atoms with Gasteiger partial charge >= 0.3 is 0 Å². The zero-order valence-corrected chi connectivity index (χ0v) is 14.0. The van der Waals surface area contributed by atoms with E-state index in [-0.39, 0.29) is 11.9 Å². The molecule has 0 aliphatic carbocycles. The van der Waals surface area contributed by atoms with E-state index in [0.29, 0.717) is 12.8 Å². The van der Waals surface area contributed by atoms with Crippen LogP contribution in [0.3, 0.4) is 0 Å². The van der Waals surface area contributed by atoms with Gasteiger partial charge in [-0.3, -0.25) is 4.79 Å². The van der Waals surface area contributed by atoms with Crippen molar-refractivity contribution in [2.75, 3.05) is 0 Å². The summed E-state index contributed by atoms with van der Waals surface area (Å²) >= 11 is 1.48. The third-order valence-electron chi connectivity index (χ3n) is 4.12. The minimum Gasteiger partial charge on any atom is -0.361 e. The number of amides is 1. The minimum atomic E-state index is -0.130. The number of carbonyl (C=O) groups is 1. The van der Waals surface area contributed by atoms with Crippen LogP contribution in [0.2, 0.25) is 0 Å². The van der Waals surface area contributed by atoms with E-state index in [4.69, 9.17) is 0 Å². The summed E-state index contributed by atoms with van der Waals surface area (Å²) in [5, 5.41) is 8.35. The molecule has 1 amide bonds. The second-order valence-corrected chi connectivity index (χ2v) is 6.59. The van der Waals surface area contributed by atoms with Gasteiger partial charge in [-0.1, -0.05) is 29.5 Å². The highest BCUT2D eigenvalue weighted by atomic mass is 32.1.